The van der Waals surface area contributed by atoms with Crippen molar-refractivity contribution in [2.75, 3.05) is 5.75 Å². The van der Waals surface area contributed by atoms with Gasteiger partial charge in [-0.1, -0.05) is 4.33 Å². The Morgan fingerprint density at radius 1 is 1.43 bits per heavy atom. The van der Waals surface area contributed by atoms with Gasteiger partial charge in [-0.05, 0) is 6.92 Å². The van der Waals surface area contributed by atoms with E-state index in [2.05, 4.69) is 9.22 Å². The van der Waals surface area contributed by atoms with E-state index in [0.717, 1.165) is 0 Å². The number of aliphatic hydroxyl groups is 2. The molecule has 14 heavy (non-hydrogen) atoms. The van der Waals surface area contributed by atoms with Gasteiger partial charge in [0.1, 0.15) is 5.75 Å². The maximum Gasteiger partial charge on any atom is 0.332 e. The molecule has 0 aliphatic carbocycles. The smallest absolute Gasteiger partial charge is 0.332 e. The molecule has 0 aromatic carbocycles. The van der Waals surface area contributed by atoms with Crippen LogP contribution in [-0.4, -0.2) is 43.1 Å². The van der Waals surface area contributed by atoms with E-state index in [1.54, 1.807) is 0 Å². The van der Waals surface area contributed by atoms with Crippen LogP contribution >= 0.6 is 0 Å². The van der Waals surface area contributed by atoms with Crippen LogP contribution in [0.1, 0.15) is 13.3 Å². The fourth-order valence-corrected chi connectivity index (χ4v) is 1.62. The number of hydrogen-bond acceptors (Lipinski definition) is 7. The first-order valence-corrected chi connectivity index (χ1v) is 5.32. The molecular formula is C6H12O7S. The molecule has 7 nitrogen and oxygen atoms in total. The van der Waals surface area contributed by atoms with Crippen molar-refractivity contribution in [2.45, 2.75) is 25.6 Å². The van der Waals surface area contributed by atoms with Crippen LogP contribution in [0.4, 0.5) is 0 Å². The minimum absolute atomic E-state index is 0.107. The van der Waals surface area contributed by atoms with E-state index >= 15 is 0 Å². The van der Waals surface area contributed by atoms with Crippen molar-refractivity contribution in [2.24, 2.45) is 0 Å². The molecule has 8 heteroatoms. The maximum atomic E-state index is 10.8. The lowest BCUT2D eigenvalue weighted by atomic mass is 10.2. The Labute approximate surface area is 81.3 Å². The van der Waals surface area contributed by atoms with Gasteiger partial charge in [-0.2, -0.15) is 8.42 Å². The van der Waals surface area contributed by atoms with Crippen molar-refractivity contribution >= 4 is 16.6 Å². The van der Waals surface area contributed by atoms with E-state index in [1.165, 1.54) is 6.92 Å². The molecule has 2 atom stereocenters. The molecule has 0 aromatic rings. The van der Waals surface area contributed by atoms with E-state index in [4.69, 9.17) is 10.2 Å². The van der Waals surface area contributed by atoms with E-state index in [1.807, 2.05) is 0 Å². The fraction of sp³-hybridized carbons (Fsp3) is 0.833. The molecule has 2 N–H and O–H groups in total. The standard InChI is InChI=1S/C6H12O7S/c1-5(8)2-6(9)3-14(10,11)13-12-4-7/h4-6,8-9H,2-3H2,1H3. The lowest BCUT2D eigenvalue weighted by Crippen LogP contribution is -2.25. The zero-order valence-electron chi connectivity index (χ0n) is 7.49. The van der Waals surface area contributed by atoms with E-state index < -0.39 is 28.1 Å². The van der Waals surface area contributed by atoms with Crippen LogP contribution in [-0.2, 0) is 24.1 Å². The van der Waals surface area contributed by atoms with E-state index in [0.29, 0.717) is 0 Å². The quantitative estimate of drug-likeness (QED) is 0.311. The van der Waals surface area contributed by atoms with Crippen LogP contribution in [0.15, 0.2) is 0 Å². The molecule has 0 fully saturated rings. The average Bonchev–Trinajstić information content (AvgIpc) is 1.98. The highest BCUT2D eigenvalue weighted by Crippen LogP contribution is 2.03. The SMILES string of the molecule is CC(O)CC(O)CS(=O)(=O)OOC=O. The first kappa shape index (κ1) is 13.3. The van der Waals surface area contributed by atoms with Gasteiger partial charge in [0.15, 0.2) is 0 Å². The molecule has 0 aliphatic heterocycles. The van der Waals surface area contributed by atoms with Crippen molar-refractivity contribution in [1.82, 2.24) is 0 Å². The zero-order valence-corrected chi connectivity index (χ0v) is 8.31. The van der Waals surface area contributed by atoms with Crippen LogP contribution in [0.2, 0.25) is 0 Å². The van der Waals surface area contributed by atoms with Crippen molar-refractivity contribution in [3.63, 3.8) is 0 Å². The summed E-state index contributed by atoms with van der Waals surface area (Å²) >= 11 is 0. The summed E-state index contributed by atoms with van der Waals surface area (Å²) in [4.78, 5) is 13.2. The maximum absolute atomic E-state index is 10.8. The molecule has 0 saturated carbocycles. The molecule has 0 amide bonds. The van der Waals surface area contributed by atoms with E-state index in [9.17, 15) is 13.2 Å². The van der Waals surface area contributed by atoms with Crippen LogP contribution < -0.4 is 0 Å². The van der Waals surface area contributed by atoms with Crippen LogP contribution in [0.5, 0.6) is 0 Å². The first-order valence-electron chi connectivity index (χ1n) is 3.75. The second-order valence-electron chi connectivity index (χ2n) is 2.72. The van der Waals surface area contributed by atoms with Gasteiger partial charge < -0.3 is 10.2 Å². The predicted molar refractivity (Wildman–Crippen MR) is 44.3 cm³/mol. The Balaban J connectivity index is 4.01. The first-order chi connectivity index (χ1) is 6.37. The molecule has 0 radical (unpaired) electrons. The third-order valence-electron chi connectivity index (χ3n) is 1.19. The summed E-state index contributed by atoms with van der Waals surface area (Å²) in [5.41, 5.74) is 0. The van der Waals surface area contributed by atoms with Gasteiger partial charge in [-0.3, -0.25) is 9.68 Å². The topological polar surface area (TPSA) is 110 Å². The van der Waals surface area contributed by atoms with Gasteiger partial charge in [-0.15, -0.1) is 0 Å². The summed E-state index contributed by atoms with van der Waals surface area (Å²) in [6.45, 7) is 1.21. The molecule has 0 bridgehead atoms. The number of carbonyl (C=O) groups is 1. The minimum Gasteiger partial charge on any atom is -0.393 e. The Hall–Kier alpha value is -0.700. The molecule has 0 aliphatic rings. The number of rotatable bonds is 7. The van der Waals surface area contributed by atoms with Gasteiger partial charge in [-0.25, -0.2) is 0 Å². The largest absolute Gasteiger partial charge is 0.393 e. The Bertz CT molecular complexity index is 257. The van der Waals surface area contributed by atoms with Crippen LogP contribution in [0.3, 0.4) is 0 Å². The molecule has 0 heterocycles. The summed E-state index contributed by atoms with van der Waals surface area (Å²) in [5, 5.41) is 17.9. The van der Waals surface area contributed by atoms with Gasteiger partial charge in [0.2, 0.25) is 0 Å². The van der Waals surface area contributed by atoms with Crippen molar-refractivity contribution in [3.8, 4) is 0 Å². The van der Waals surface area contributed by atoms with Gasteiger partial charge in [0, 0.05) is 6.42 Å². The lowest BCUT2D eigenvalue weighted by Gasteiger charge is -2.10. The normalized spacial score (nSPS) is 15.9. The molecule has 0 spiro atoms. The monoisotopic (exact) mass is 228 g/mol. The van der Waals surface area contributed by atoms with Crippen molar-refractivity contribution in [1.29, 1.82) is 0 Å². The molecule has 0 aromatic heterocycles. The lowest BCUT2D eigenvalue weighted by molar-refractivity contribution is -0.194. The van der Waals surface area contributed by atoms with E-state index in [-0.39, 0.29) is 12.9 Å². The van der Waals surface area contributed by atoms with Gasteiger partial charge in [0.25, 0.3) is 0 Å². The molecule has 2 unspecified atom stereocenters. The van der Waals surface area contributed by atoms with Crippen molar-refractivity contribution in [3.05, 3.63) is 0 Å². The Morgan fingerprint density at radius 3 is 2.43 bits per heavy atom. The second kappa shape index (κ2) is 5.91. The molecule has 84 valence electrons. The summed E-state index contributed by atoms with van der Waals surface area (Å²) in [6, 6.07) is 0. The Morgan fingerprint density at radius 2 is 2.00 bits per heavy atom. The van der Waals surface area contributed by atoms with Gasteiger partial charge in [0.05, 0.1) is 12.2 Å². The van der Waals surface area contributed by atoms with Crippen molar-refractivity contribution < 1.29 is 32.6 Å². The number of hydrogen-bond donors (Lipinski definition) is 2. The molecule has 0 saturated heterocycles. The highest BCUT2D eigenvalue weighted by atomic mass is 32.2. The molecule has 0 rings (SSSR count). The fourth-order valence-electron chi connectivity index (χ4n) is 0.801. The summed E-state index contributed by atoms with van der Waals surface area (Å²) < 4.78 is 25.4. The predicted octanol–water partition coefficient (Wildman–Crippen LogP) is -1.45. The zero-order chi connectivity index (χ0) is 11.2. The summed E-state index contributed by atoms with van der Waals surface area (Å²) in [5.74, 6) is -0.744. The second-order valence-corrected chi connectivity index (χ2v) is 4.31. The summed E-state index contributed by atoms with van der Waals surface area (Å²) in [7, 11) is -4.10. The Kier molecular flexibility index (Phi) is 5.62. The molecular weight excluding hydrogens is 216 g/mol. The average molecular weight is 228 g/mol. The number of carbonyl (C=O) groups excluding carboxylic acids is 1. The van der Waals surface area contributed by atoms with Crippen LogP contribution in [0, 0.1) is 0 Å². The third-order valence-corrected chi connectivity index (χ3v) is 2.27. The third kappa shape index (κ3) is 6.78. The number of aliphatic hydroxyl groups excluding tert-OH is 2. The van der Waals surface area contributed by atoms with Gasteiger partial charge >= 0.3 is 16.6 Å². The highest BCUT2D eigenvalue weighted by molar-refractivity contribution is 7.86. The van der Waals surface area contributed by atoms with Crippen LogP contribution in [0.25, 0.3) is 0 Å². The highest BCUT2D eigenvalue weighted by Gasteiger charge is 2.20. The minimum atomic E-state index is -4.10. The summed E-state index contributed by atoms with van der Waals surface area (Å²) in [6.07, 6.45) is -2.20.